The standard InChI is InChI=1S/C17H13ClF3NO2/c1-24-15-5-3-2-4-11(15)6-9-16(23)22-12-7-8-14(18)13(10-12)17(19,20)21/h2-10H,1H3,(H,22,23). The Labute approximate surface area is 141 Å². The Kier molecular flexibility index (Phi) is 5.51. The number of nitrogens with one attached hydrogen (secondary N) is 1. The van der Waals surface area contributed by atoms with E-state index in [1.165, 1.54) is 25.3 Å². The summed E-state index contributed by atoms with van der Waals surface area (Å²) in [5, 5.41) is 1.94. The molecule has 0 fully saturated rings. The van der Waals surface area contributed by atoms with Crippen molar-refractivity contribution in [3.05, 3.63) is 64.7 Å². The Balaban J connectivity index is 2.14. The Morgan fingerprint density at radius 3 is 2.58 bits per heavy atom. The Hall–Kier alpha value is -2.47. The molecule has 0 unspecified atom stereocenters. The molecule has 0 saturated carbocycles. The van der Waals surface area contributed by atoms with Crippen molar-refractivity contribution in [2.45, 2.75) is 6.18 Å². The zero-order valence-corrected chi connectivity index (χ0v) is 13.3. The molecule has 2 aromatic rings. The molecule has 7 heteroatoms. The zero-order valence-electron chi connectivity index (χ0n) is 12.5. The Morgan fingerprint density at radius 1 is 1.21 bits per heavy atom. The van der Waals surface area contributed by atoms with Crippen LogP contribution in [0.2, 0.25) is 5.02 Å². The fourth-order valence-corrected chi connectivity index (χ4v) is 2.20. The second kappa shape index (κ2) is 7.40. The van der Waals surface area contributed by atoms with Gasteiger partial charge in [-0.05, 0) is 30.3 Å². The van der Waals surface area contributed by atoms with Gasteiger partial charge >= 0.3 is 6.18 Å². The van der Waals surface area contributed by atoms with Crippen molar-refractivity contribution < 1.29 is 22.7 Å². The molecule has 0 saturated heterocycles. The molecule has 0 bridgehead atoms. The second-order valence-corrected chi connectivity index (χ2v) is 5.16. The van der Waals surface area contributed by atoms with Gasteiger partial charge in [-0.25, -0.2) is 0 Å². The monoisotopic (exact) mass is 355 g/mol. The lowest BCUT2D eigenvalue weighted by Crippen LogP contribution is -2.11. The average Bonchev–Trinajstić information content (AvgIpc) is 2.54. The van der Waals surface area contributed by atoms with E-state index in [1.807, 2.05) is 0 Å². The summed E-state index contributed by atoms with van der Waals surface area (Å²) in [6.07, 6.45) is -1.88. The highest BCUT2D eigenvalue weighted by atomic mass is 35.5. The molecule has 1 amide bonds. The Bertz CT molecular complexity index is 773. The van der Waals surface area contributed by atoms with E-state index in [0.29, 0.717) is 11.3 Å². The van der Waals surface area contributed by atoms with Crippen LogP contribution in [0.3, 0.4) is 0 Å². The number of benzene rings is 2. The number of alkyl halides is 3. The third-order valence-corrected chi connectivity index (χ3v) is 3.42. The topological polar surface area (TPSA) is 38.3 Å². The van der Waals surface area contributed by atoms with Gasteiger partial charge in [-0.15, -0.1) is 0 Å². The number of rotatable bonds is 4. The molecule has 1 N–H and O–H groups in total. The van der Waals surface area contributed by atoms with Gasteiger partial charge in [-0.1, -0.05) is 29.8 Å². The molecule has 0 aliphatic carbocycles. The summed E-state index contributed by atoms with van der Waals surface area (Å²) in [7, 11) is 1.50. The molecule has 2 aromatic carbocycles. The minimum Gasteiger partial charge on any atom is -0.496 e. The van der Waals surface area contributed by atoms with Crippen molar-refractivity contribution in [1.29, 1.82) is 0 Å². The van der Waals surface area contributed by atoms with Gasteiger partial charge in [-0.2, -0.15) is 13.2 Å². The first kappa shape index (κ1) is 17.9. The summed E-state index contributed by atoms with van der Waals surface area (Å²) in [5.74, 6) is 0.00348. The van der Waals surface area contributed by atoms with Crippen LogP contribution in [0, 0.1) is 0 Å². The third kappa shape index (κ3) is 4.52. The fourth-order valence-electron chi connectivity index (χ4n) is 1.97. The average molecular weight is 356 g/mol. The molecule has 3 nitrogen and oxygen atoms in total. The maximum atomic E-state index is 12.8. The number of anilines is 1. The van der Waals surface area contributed by atoms with E-state index in [4.69, 9.17) is 16.3 Å². The first-order valence-corrected chi connectivity index (χ1v) is 7.18. The summed E-state index contributed by atoms with van der Waals surface area (Å²) < 4.78 is 43.5. The largest absolute Gasteiger partial charge is 0.496 e. The number of hydrogen-bond acceptors (Lipinski definition) is 2. The Morgan fingerprint density at radius 2 is 1.92 bits per heavy atom. The molecular weight excluding hydrogens is 343 g/mol. The van der Waals surface area contributed by atoms with Gasteiger partial charge in [0.15, 0.2) is 0 Å². The highest BCUT2D eigenvalue weighted by molar-refractivity contribution is 6.31. The number of ether oxygens (including phenoxy) is 1. The number of carbonyl (C=O) groups is 1. The van der Waals surface area contributed by atoms with Crippen LogP contribution in [0.4, 0.5) is 18.9 Å². The molecule has 0 radical (unpaired) electrons. The first-order chi connectivity index (χ1) is 11.3. The van der Waals surface area contributed by atoms with Crippen LogP contribution in [-0.4, -0.2) is 13.0 Å². The summed E-state index contributed by atoms with van der Waals surface area (Å²) in [6.45, 7) is 0. The van der Waals surface area contributed by atoms with Crippen molar-refractivity contribution >= 4 is 29.3 Å². The lowest BCUT2D eigenvalue weighted by molar-refractivity contribution is -0.137. The van der Waals surface area contributed by atoms with Crippen LogP contribution in [0.25, 0.3) is 6.08 Å². The second-order valence-electron chi connectivity index (χ2n) is 4.76. The molecule has 0 aromatic heterocycles. The van der Waals surface area contributed by atoms with Crippen LogP contribution in [0.5, 0.6) is 5.75 Å². The van der Waals surface area contributed by atoms with E-state index in [1.54, 1.807) is 24.3 Å². The van der Waals surface area contributed by atoms with E-state index in [2.05, 4.69) is 5.32 Å². The molecule has 2 rings (SSSR count). The fraction of sp³-hybridized carbons (Fsp3) is 0.118. The SMILES string of the molecule is COc1ccccc1C=CC(=O)Nc1ccc(Cl)c(C(F)(F)F)c1. The number of halogens is 4. The van der Waals surface area contributed by atoms with Gasteiger partial charge in [0.1, 0.15) is 5.75 Å². The van der Waals surface area contributed by atoms with E-state index in [9.17, 15) is 18.0 Å². The summed E-state index contributed by atoms with van der Waals surface area (Å²) in [6, 6.07) is 10.2. The highest BCUT2D eigenvalue weighted by Gasteiger charge is 2.33. The van der Waals surface area contributed by atoms with E-state index in [-0.39, 0.29) is 5.69 Å². The van der Waals surface area contributed by atoms with Crippen molar-refractivity contribution in [1.82, 2.24) is 0 Å². The minimum absolute atomic E-state index is 0.00130. The van der Waals surface area contributed by atoms with Crippen molar-refractivity contribution in [2.75, 3.05) is 12.4 Å². The molecule has 0 spiro atoms. The number of methoxy groups -OCH3 is 1. The molecule has 126 valence electrons. The maximum absolute atomic E-state index is 12.8. The summed E-state index contributed by atoms with van der Waals surface area (Å²) >= 11 is 5.53. The van der Waals surface area contributed by atoms with Gasteiger partial charge in [0, 0.05) is 17.3 Å². The number of hydrogen-bond donors (Lipinski definition) is 1. The lowest BCUT2D eigenvalue weighted by Gasteiger charge is -2.11. The molecular formula is C17H13ClF3NO2. The quantitative estimate of drug-likeness (QED) is 0.782. The van der Waals surface area contributed by atoms with Gasteiger partial charge in [0.05, 0.1) is 17.7 Å². The number of para-hydroxylation sites is 1. The maximum Gasteiger partial charge on any atom is 0.417 e. The normalized spacial score (nSPS) is 11.5. The van der Waals surface area contributed by atoms with Crippen LogP contribution >= 0.6 is 11.6 Å². The van der Waals surface area contributed by atoms with Gasteiger partial charge in [0.2, 0.25) is 5.91 Å². The minimum atomic E-state index is -4.59. The molecule has 0 heterocycles. The third-order valence-electron chi connectivity index (χ3n) is 3.09. The van der Waals surface area contributed by atoms with Crippen molar-refractivity contribution in [3.8, 4) is 5.75 Å². The van der Waals surface area contributed by atoms with Gasteiger partial charge < -0.3 is 10.1 Å². The summed E-state index contributed by atoms with van der Waals surface area (Å²) in [5.41, 5.74) is -0.334. The van der Waals surface area contributed by atoms with Gasteiger partial charge in [0.25, 0.3) is 0 Å². The number of carbonyl (C=O) groups excluding carboxylic acids is 1. The molecule has 0 aliphatic heterocycles. The van der Waals surface area contributed by atoms with Gasteiger partial charge in [-0.3, -0.25) is 4.79 Å². The smallest absolute Gasteiger partial charge is 0.417 e. The van der Waals surface area contributed by atoms with Crippen molar-refractivity contribution in [3.63, 3.8) is 0 Å². The number of amides is 1. The van der Waals surface area contributed by atoms with Crippen LogP contribution < -0.4 is 10.1 Å². The van der Waals surface area contributed by atoms with Crippen LogP contribution in [0.15, 0.2) is 48.5 Å². The highest BCUT2D eigenvalue weighted by Crippen LogP contribution is 2.36. The zero-order chi connectivity index (χ0) is 17.7. The molecule has 0 aliphatic rings. The van der Waals surface area contributed by atoms with Crippen LogP contribution in [-0.2, 0) is 11.0 Å². The van der Waals surface area contributed by atoms with E-state index >= 15 is 0 Å². The van der Waals surface area contributed by atoms with Crippen LogP contribution in [0.1, 0.15) is 11.1 Å². The van der Waals surface area contributed by atoms with Crippen molar-refractivity contribution in [2.24, 2.45) is 0 Å². The predicted octanol–water partition coefficient (Wildman–Crippen LogP) is 5.02. The lowest BCUT2D eigenvalue weighted by atomic mass is 10.1. The first-order valence-electron chi connectivity index (χ1n) is 6.80. The van der Waals surface area contributed by atoms with E-state index in [0.717, 1.165) is 12.1 Å². The predicted molar refractivity (Wildman–Crippen MR) is 87.1 cm³/mol. The molecule has 24 heavy (non-hydrogen) atoms. The van der Waals surface area contributed by atoms with E-state index < -0.39 is 22.7 Å². The molecule has 0 atom stereocenters. The summed E-state index contributed by atoms with van der Waals surface area (Å²) in [4.78, 5) is 11.9.